The van der Waals surface area contributed by atoms with Crippen molar-refractivity contribution in [1.82, 2.24) is 0 Å². The first-order valence-electron chi connectivity index (χ1n) is 10.3. The second-order valence-electron chi connectivity index (χ2n) is 7.76. The van der Waals surface area contributed by atoms with Crippen LogP contribution in [0.2, 0.25) is 0 Å². The van der Waals surface area contributed by atoms with Crippen molar-refractivity contribution in [3.63, 3.8) is 0 Å². The van der Waals surface area contributed by atoms with E-state index in [1.54, 1.807) is 13.2 Å². The second kappa shape index (κ2) is 8.89. The summed E-state index contributed by atoms with van der Waals surface area (Å²) >= 11 is 0. The highest BCUT2D eigenvalue weighted by molar-refractivity contribution is 6.09. The van der Waals surface area contributed by atoms with Crippen LogP contribution in [0.1, 0.15) is 42.0 Å². The number of methoxy groups -OCH3 is 1. The minimum absolute atomic E-state index is 0.000286. The van der Waals surface area contributed by atoms with Gasteiger partial charge in [-0.1, -0.05) is 49.4 Å². The fraction of sp³-hybridized carbons (Fsp3) is 0.185. The highest BCUT2D eigenvalue weighted by Gasteiger charge is 2.35. The number of rotatable bonds is 6. The van der Waals surface area contributed by atoms with E-state index in [9.17, 15) is 10.1 Å². The van der Waals surface area contributed by atoms with Gasteiger partial charge >= 0.3 is 0 Å². The molecule has 2 atom stereocenters. The molecular formula is C27H24N2O2. The fourth-order valence-electron chi connectivity index (χ4n) is 4.06. The zero-order chi connectivity index (χ0) is 21.8. The van der Waals surface area contributed by atoms with Crippen LogP contribution in [0.5, 0.6) is 5.75 Å². The molecule has 0 bridgehead atoms. The van der Waals surface area contributed by atoms with Crippen molar-refractivity contribution >= 4 is 11.6 Å². The monoisotopic (exact) mass is 408 g/mol. The van der Waals surface area contributed by atoms with Crippen molar-refractivity contribution in [3.8, 4) is 11.8 Å². The van der Waals surface area contributed by atoms with E-state index in [1.807, 2.05) is 71.6 Å². The van der Waals surface area contributed by atoms with Crippen LogP contribution in [0.3, 0.4) is 0 Å². The Kier molecular flexibility index (Phi) is 5.86. The van der Waals surface area contributed by atoms with Crippen LogP contribution in [-0.2, 0) is 4.79 Å². The number of nitrogens with zero attached hydrogens (tertiary/aromatic N) is 2. The molecule has 3 aromatic carbocycles. The van der Waals surface area contributed by atoms with Crippen molar-refractivity contribution in [2.75, 3.05) is 12.0 Å². The molecule has 4 rings (SSSR count). The Morgan fingerprint density at radius 3 is 2.45 bits per heavy atom. The largest absolute Gasteiger partial charge is 0.497 e. The third-order valence-electron chi connectivity index (χ3n) is 5.73. The van der Waals surface area contributed by atoms with Crippen LogP contribution in [-0.4, -0.2) is 13.0 Å². The number of benzene rings is 3. The van der Waals surface area contributed by atoms with Gasteiger partial charge in [0, 0.05) is 11.3 Å². The Hall–Kier alpha value is -3.84. The van der Waals surface area contributed by atoms with Gasteiger partial charge in [-0.2, -0.15) is 5.26 Å². The third kappa shape index (κ3) is 4.22. The van der Waals surface area contributed by atoms with E-state index in [-0.39, 0.29) is 17.9 Å². The van der Waals surface area contributed by atoms with Crippen LogP contribution in [0.15, 0.2) is 90.5 Å². The summed E-state index contributed by atoms with van der Waals surface area (Å²) in [6.45, 7) is 2.14. The normalized spacial score (nSPS) is 16.5. The molecule has 0 N–H and O–H groups in total. The predicted molar refractivity (Wildman–Crippen MR) is 122 cm³/mol. The van der Waals surface area contributed by atoms with Crippen molar-refractivity contribution in [2.45, 2.75) is 25.3 Å². The van der Waals surface area contributed by atoms with Crippen molar-refractivity contribution in [3.05, 3.63) is 107 Å². The van der Waals surface area contributed by atoms with Crippen LogP contribution < -0.4 is 9.64 Å². The molecule has 31 heavy (non-hydrogen) atoms. The molecule has 154 valence electrons. The molecule has 0 saturated heterocycles. The van der Waals surface area contributed by atoms with Gasteiger partial charge < -0.3 is 4.74 Å². The van der Waals surface area contributed by atoms with Crippen LogP contribution in [0.4, 0.5) is 5.69 Å². The Balaban J connectivity index is 1.70. The Morgan fingerprint density at radius 2 is 1.77 bits per heavy atom. The maximum absolute atomic E-state index is 13.5. The number of anilines is 1. The summed E-state index contributed by atoms with van der Waals surface area (Å²) in [5.74, 6) is 0.961. The summed E-state index contributed by atoms with van der Waals surface area (Å²) in [6, 6.07) is 27.2. The van der Waals surface area contributed by atoms with Gasteiger partial charge in [0.2, 0.25) is 0 Å². The molecule has 3 aromatic rings. The van der Waals surface area contributed by atoms with Gasteiger partial charge in [-0.25, -0.2) is 0 Å². The average Bonchev–Trinajstić information content (AvgIpc) is 3.15. The molecule has 0 spiro atoms. The number of carbonyl (C=O) groups is 1. The fourth-order valence-corrected chi connectivity index (χ4v) is 4.06. The molecule has 1 aliphatic rings. The van der Waals surface area contributed by atoms with E-state index in [4.69, 9.17) is 4.74 Å². The SMILES string of the molecule is COc1ccc(N2C(=O)C(C[C@H](C)c3ccccc3)=C[C@H]2c2cccc(C#N)c2)cc1. The number of ether oxygens (including phenoxy) is 1. The summed E-state index contributed by atoms with van der Waals surface area (Å²) in [5.41, 5.74) is 4.31. The Morgan fingerprint density at radius 1 is 1.03 bits per heavy atom. The summed E-state index contributed by atoms with van der Waals surface area (Å²) in [7, 11) is 1.62. The molecule has 4 nitrogen and oxygen atoms in total. The van der Waals surface area contributed by atoms with Crippen molar-refractivity contribution in [2.24, 2.45) is 0 Å². The van der Waals surface area contributed by atoms with Gasteiger partial charge in [0.1, 0.15) is 5.75 Å². The van der Waals surface area contributed by atoms with Crippen molar-refractivity contribution in [1.29, 1.82) is 5.26 Å². The third-order valence-corrected chi connectivity index (χ3v) is 5.73. The van der Waals surface area contributed by atoms with E-state index in [2.05, 4.69) is 25.1 Å². The topological polar surface area (TPSA) is 53.3 Å². The molecule has 0 fully saturated rings. The first kappa shape index (κ1) is 20.4. The van der Waals surface area contributed by atoms with Gasteiger partial charge in [0.25, 0.3) is 5.91 Å². The van der Waals surface area contributed by atoms with Gasteiger partial charge in [0.15, 0.2) is 0 Å². The van der Waals surface area contributed by atoms with E-state index in [0.717, 1.165) is 22.6 Å². The highest BCUT2D eigenvalue weighted by atomic mass is 16.5. The lowest BCUT2D eigenvalue weighted by atomic mass is 9.93. The van der Waals surface area contributed by atoms with E-state index in [0.29, 0.717) is 12.0 Å². The maximum Gasteiger partial charge on any atom is 0.254 e. The molecular weight excluding hydrogens is 384 g/mol. The van der Waals surface area contributed by atoms with E-state index < -0.39 is 0 Å². The Bertz CT molecular complexity index is 1140. The van der Waals surface area contributed by atoms with Gasteiger partial charge in [-0.15, -0.1) is 0 Å². The molecule has 0 saturated carbocycles. The van der Waals surface area contributed by atoms with Crippen molar-refractivity contribution < 1.29 is 9.53 Å². The number of hydrogen-bond donors (Lipinski definition) is 0. The number of hydrogen-bond acceptors (Lipinski definition) is 3. The first-order chi connectivity index (χ1) is 15.1. The molecule has 4 heteroatoms. The minimum Gasteiger partial charge on any atom is -0.497 e. The lowest BCUT2D eigenvalue weighted by molar-refractivity contribution is -0.115. The van der Waals surface area contributed by atoms with Gasteiger partial charge in [-0.05, 0) is 65.9 Å². The molecule has 0 unspecified atom stereocenters. The molecule has 1 heterocycles. The molecule has 0 radical (unpaired) electrons. The zero-order valence-corrected chi connectivity index (χ0v) is 17.7. The second-order valence-corrected chi connectivity index (χ2v) is 7.76. The van der Waals surface area contributed by atoms with Gasteiger partial charge in [0.05, 0.1) is 24.8 Å². The molecule has 0 aliphatic carbocycles. The maximum atomic E-state index is 13.5. The average molecular weight is 409 g/mol. The lowest BCUT2D eigenvalue weighted by Gasteiger charge is -2.26. The number of nitriles is 1. The lowest BCUT2D eigenvalue weighted by Crippen LogP contribution is -2.29. The van der Waals surface area contributed by atoms with Crippen LogP contribution in [0.25, 0.3) is 0 Å². The Labute approximate surface area is 183 Å². The summed E-state index contributed by atoms with van der Waals surface area (Å²) < 4.78 is 5.27. The molecule has 0 aromatic heterocycles. The number of amides is 1. The van der Waals surface area contributed by atoms with Crippen LogP contribution >= 0.6 is 0 Å². The highest BCUT2D eigenvalue weighted by Crippen LogP contribution is 2.39. The zero-order valence-electron chi connectivity index (χ0n) is 17.7. The predicted octanol–water partition coefficient (Wildman–Crippen LogP) is 5.77. The summed E-state index contributed by atoms with van der Waals surface area (Å²) in [5, 5.41) is 9.33. The molecule has 1 aliphatic heterocycles. The minimum atomic E-state index is -0.257. The standard InChI is InChI=1S/C27H24N2O2/c1-19(21-8-4-3-5-9-21)15-23-17-26(22-10-6-7-20(16-22)18-28)29(27(23)30)24-11-13-25(31-2)14-12-24/h3-14,16-17,19,26H,15H2,1-2H3/t19-,26-/m0/s1. The van der Waals surface area contributed by atoms with E-state index in [1.165, 1.54) is 5.56 Å². The number of carbonyl (C=O) groups excluding carboxylic acids is 1. The van der Waals surface area contributed by atoms with Crippen LogP contribution in [0, 0.1) is 11.3 Å². The quantitative estimate of drug-likeness (QED) is 0.520. The summed E-state index contributed by atoms with van der Waals surface area (Å²) in [4.78, 5) is 15.3. The smallest absolute Gasteiger partial charge is 0.254 e. The van der Waals surface area contributed by atoms with Gasteiger partial charge in [-0.3, -0.25) is 9.69 Å². The summed E-state index contributed by atoms with van der Waals surface area (Å²) in [6.07, 6.45) is 2.70. The first-order valence-corrected chi connectivity index (χ1v) is 10.3. The van der Waals surface area contributed by atoms with E-state index >= 15 is 0 Å². The molecule has 1 amide bonds.